The first-order valence-corrected chi connectivity index (χ1v) is 10.7. The Bertz CT molecular complexity index is 819. The van der Waals surface area contributed by atoms with Crippen LogP contribution in [0.2, 0.25) is 0 Å². The van der Waals surface area contributed by atoms with Crippen molar-refractivity contribution in [2.75, 3.05) is 33.0 Å². The summed E-state index contributed by atoms with van der Waals surface area (Å²) < 4.78 is 19.2. The molecule has 1 aromatic rings. The fourth-order valence-electron chi connectivity index (χ4n) is 3.76. The summed E-state index contributed by atoms with van der Waals surface area (Å²) in [5, 5.41) is 4.48. The van der Waals surface area contributed by atoms with Crippen LogP contribution in [-0.4, -0.2) is 42.8 Å². The Labute approximate surface area is 156 Å². The zero-order valence-electron chi connectivity index (χ0n) is 15.8. The van der Waals surface area contributed by atoms with Gasteiger partial charge in [-0.15, -0.1) is 0 Å². The highest BCUT2D eigenvalue weighted by Crippen LogP contribution is 2.38. The molecule has 1 aromatic carbocycles. The lowest BCUT2D eigenvalue weighted by Gasteiger charge is -2.17. The average molecular weight is 377 g/mol. The lowest BCUT2D eigenvalue weighted by Crippen LogP contribution is -2.33. The number of urea groups is 1. The van der Waals surface area contributed by atoms with E-state index >= 15 is 0 Å². The van der Waals surface area contributed by atoms with E-state index in [1.165, 1.54) is 34.7 Å². The lowest BCUT2D eigenvalue weighted by atomic mass is 9.99. The highest BCUT2D eigenvalue weighted by molar-refractivity contribution is 7.95. The summed E-state index contributed by atoms with van der Waals surface area (Å²) in [7, 11) is 2.39. The maximum atomic E-state index is 12.8. The second kappa shape index (κ2) is 7.80. The number of fused-ring (bicyclic) bond motifs is 2. The monoisotopic (exact) mass is 376 g/mol. The van der Waals surface area contributed by atoms with Crippen molar-refractivity contribution in [3.63, 3.8) is 0 Å². The zero-order valence-corrected chi connectivity index (χ0v) is 16.6. The molecule has 2 aliphatic carbocycles. The van der Waals surface area contributed by atoms with Crippen LogP contribution in [0.3, 0.4) is 0 Å². The van der Waals surface area contributed by atoms with Crippen molar-refractivity contribution < 1.29 is 9.00 Å². The van der Waals surface area contributed by atoms with E-state index in [9.17, 15) is 9.00 Å². The number of anilines is 1. The van der Waals surface area contributed by atoms with Gasteiger partial charge in [-0.25, -0.2) is 18.1 Å². The molecule has 2 N–H and O–H groups in total. The summed E-state index contributed by atoms with van der Waals surface area (Å²) in [5.74, 6) is 0. The standard InChI is InChI=1S/C19H28N4O2S/c1-20-26(25,12-6-11-23(2)3)22-19(24)21-18-16-9-4-7-14(16)13-15-8-5-10-17(15)18/h6,12-13H,4-5,7-11H2,1-3H3,(H2,20,21,22,24,25)/b12-6+. The summed E-state index contributed by atoms with van der Waals surface area (Å²) in [4.78, 5) is 14.5. The third-order valence-electron chi connectivity index (χ3n) is 4.97. The van der Waals surface area contributed by atoms with Gasteiger partial charge < -0.3 is 10.2 Å². The second-order valence-electron chi connectivity index (χ2n) is 7.18. The summed E-state index contributed by atoms with van der Waals surface area (Å²) >= 11 is 0. The van der Waals surface area contributed by atoms with Crippen LogP contribution >= 0.6 is 0 Å². The Hall–Kier alpha value is -1.86. The highest BCUT2D eigenvalue weighted by atomic mass is 32.2. The number of aryl methyl sites for hydroxylation is 2. The molecular weight excluding hydrogens is 348 g/mol. The third kappa shape index (κ3) is 4.10. The van der Waals surface area contributed by atoms with Gasteiger partial charge in [0.25, 0.3) is 0 Å². The molecule has 3 rings (SSSR count). The minimum Gasteiger partial charge on any atom is -0.307 e. The van der Waals surface area contributed by atoms with Crippen molar-refractivity contribution in [2.45, 2.75) is 38.5 Å². The number of carbonyl (C=O) groups excluding carboxylic acids is 1. The number of hydrogen-bond donors (Lipinski definition) is 2. The molecule has 26 heavy (non-hydrogen) atoms. The molecule has 0 saturated heterocycles. The van der Waals surface area contributed by atoms with Gasteiger partial charge in [0.1, 0.15) is 0 Å². The maximum absolute atomic E-state index is 12.8. The van der Waals surface area contributed by atoms with Gasteiger partial charge in [-0.2, -0.15) is 0 Å². The molecule has 0 radical (unpaired) electrons. The SMILES string of the molecule is CN=S(=O)(/C=C/CN(C)C)NC(=O)Nc1c2c(cc3c1CCC3)CCC2. The van der Waals surface area contributed by atoms with Crippen LogP contribution in [0.1, 0.15) is 35.1 Å². The van der Waals surface area contributed by atoms with E-state index in [1.807, 2.05) is 19.0 Å². The molecule has 0 saturated carbocycles. The number of likely N-dealkylation sites (N-methyl/N-ethyl adjacent to an activating group) is 1. The van der Waals surface area contributed by atoms with Crippen molar-refractivity contribution in [3.05, 3.63) is 39.8 Å². The summed E-state index contributed by atoms with van der Waals surface area (Å²) in [6.45, 7) is 0.634. The number of rotatable bonds is 5. The molecule has 0 fully saturated rings. The van der Waals surface area contributed by atoms with Crippen molar-refractivity contribution in [3.8, 4) is 0 Å². The summed E-state index contributed by atoms with van der Waals surface area (Å²) in [5.41, 5.74) is 6.16. The zero-order chi connectivity index (χ0) is 18.7. The van der Waals surface area contributed by atoms with Crippen LogP contribution in [0.4, 0.5) is 10.5 Å². The number of nitrogens with one attached hydrogen (secondary N) is 2. The first-order chi connectivity index (χ1) is 12.4. The van der Waals surface area contributed by atoms with E-state index in [0.717, 1.165) is 44.2 Å². The molecule has 142 valence electrons. The Balaban J connectivity index is 1.79. The van der Waals surface area contributed by atoms with Crippen LogP contribution in [0.5, 0.6) is 0 Å². The molecule has 1 atom stereocenters. The fourth-order valence-corrected chi connectivity index (χ4v) is 4.71. The van der Waals surface area contributed by atoms with Gasteiger partial charge in [0.05, 0.1) is 0 Å². The smallest absolute Gasteiger partial charge is 0.307 e. The molecule has 1 unspecified atom stereocenters. The number of amides is 2. The normalized spacial score (nSPS) is 17.8. The van der Waals surface area contributed by atoms with Crippen LogP contribution in [0.25, 0.3) is 0 Å². The maximum Gasteiger partial charge on any atom is 0.331 e. The number of carbonyl (C=O) groups is 1. The van der Waals surface area contributed by atoms with Gasteiger partial charge in [0.15, 0.2) is 9.92 Å². The van der Waals surface area contributed by atoms with Crippen molar-refractivity contribution in [2.24, 2.45) is 4.36 Å². The fraction of sp³-hybridized carbons (Fsp3) is 0.526. The molecule has 0 aliphatic heterocycles. The van der Waals surface area contributed by atoms with Gasteiger partial charge in [-0.3, -0.25) is 0 Å². The van der Waals surface area contributed by atoms with Crippen LogP contribution in [-0.2, 0) is 35.6 Å². The first-order valence-electron chi connectivity index (χ1n) is 9.13. The molecule has 0 bridgehead atoms. The Morgan fingerprint density at radius 2 is 1.81 bits per heavy atom. The van der Waals surface area contributed by atoms with Gasteiger partial charge in [-0.1, -0.05) is 12.1 Å². The molecule has 6 nitrogen and oxygen atoms in total. The summed E-state index contributed by atoms with van der Waals surface area (Å²) in [6.07, 6.45) is 8.16. The van der Waals surface area contributed by atoms with Gasteiger partial charge >= 0.3 is 6.03 Å². The Morgan fingerprint density at radius 1 is 1.19 bits per heavy atom. The van der Waals surface area contributed by atoms with Crippen LogP contribution < -0.4 is 10.0 Å². The highest BCUT2D eigenvalue weighted by Gasteiger charge is 2.25. The number of benzene rings is 1. The third-order valence-corrected chi connectivity index (χ3v) is 6.55. The van der Waals surface area contributed by atoms with E-state index in [-0.39, 0.29) is 0 Å². The van der Waals surface area contributed by atoms with Crippen molar-refractivity contribution in [1.29, 1.82) is 0 Å². The second-order valence-corrected chi connectivity index (χ2v) is 9.15. The van der Waals surface area contributed by atoms with E-state index < -0.39 is 15.9 Å². The molecule has 0 aromatic heterocycles. The molecule has 2 amide bonds. The molecular formula is C19H28N4O2S. The number of nitrogens with zero attached hydrogens (tertiary/aromatic N) is 2. The predicted octanol–water partition coefficient (Wildman–Crippen LogP) is 2.87. The predicted molar refractivity (Wildman–Crippen MR) is 107 cm³/mol. The van der Waals surface area contributed by atoms with Gasteiger partial charge in [0, 0.05) is 24.7 Å². The number of hydrogen-bond acceptors (Lipinski definition) is 4. The van der Waals surface area contributed by atoms with E-state index in [2.05, 4.69) is 20.5 Å². The molecule has 0 heterocycles. The lowest BCUT2D eigenvalue weighted by molar-refractivity contribution is 0.257. The van der Waals surface area contributed by atoms with E-state index in [0.29, 0.717) is 6.54 Å². The van der Waals surface area contributed by atoms with Gasteiger partial charge in [0.2, 0.25) is 0 Å². The van der Waals surface area contributed by atoms with E-state index in [4.69, 9.17) is 0 Å². The largest absolute Gasteiger partial charge is 0.331 e. The topological polar surface area (TPSA) is 73.8 Å². The quantitative estimate of drug-likeness (QED) is 0.830. The molecule has 0 spiro atoms. The van der Waals surface area contributed by atoms with Crippen LogP contribution in [0, 0.1) is 0 Å². The average Bonchev–Trinajstić information content (AvgIpc) is 3.23. The Kier molecular flexibility index (Phi) is 5.67. The minimum atomic E-state index is -2.91. The molecule has 7 heteroatoms. The van der Waals surface area contributed by atoms with E-state index in [1.54, 1.807) is 6.08 Å². The Morgan fingerprint density at radius 3 is 2.35 bits per heavy atom. The van der Waals surface area contributed by atoms with Crippen molar-refractivity contribution in [1.82, 2.24) is 9.62 Å². The van der Waals surface area contributed by atoms with Crippen LogP contribution in [0.15, 0.2) is 21.9 Å². The van der Waals surface area contributed by atoms with Gasteiger partial charge in [-0.05, 0) is 74.9 Å². The molecule has 2 aliphatic rings. The van der Waals surface area contributed by atoms with Crippen molar-refractivity contribution >= 4 is 21.6 Å². The minimum absolute atomic E-state index is 0.454. The first kappa shape index (κ1) is 18.9. The summed E-state index contributed by atoms with van der Waals surface area (Å²) in [6, 6.07) is 1.87.